The standard InChI is InChI=1S/C16H27N3O/c1-13(2)9-17-10-14-5-4-6-15(18-14)11-19(3)16-7-8-20-12-16/h4-6,13,16-17H,7-12H2,1-3H3. The quantitative estimate of drug-likeness (QED) is 0.828. The van der Waals surface area contributed by atoms with Crippen molar-refractivity contribution in [3.8, 4) is 0 Å². The van der Waals surface area contributed by atoms with Crippen molar-refractivity contribution in [2.45, 2.75) is 39.4 Å². The first-order valence-electron chi connectivity index (χ1n) is 7.58. The average Bonchev–Trinajstić information content (AvgIpc) is 2.92. The Kier molecular flexibility index (Phi) is 5.95. The van der Waals surface area contributed by atoms with E-state index in [2.05, 4.69) is 49.3 Å². The van der Waals surface area contributed by atoms with E-state index in [1.165, 1.54) is 0 Å². The summed E-state index contributed by atoms with van der Waals surface area (Å²) in [7, 11) is 2.16. The van der Waals surface area contributed by atoms with Crippen molar-refractivity contribution in [2.75, 3.05) is 26.8 Å². The van der Waals surface area contributed by atoms with Crippen LogP contribution >= 0.6 is 0 Å². The van der Waals surface area contributed by atoms with Gasteiger partial charge in [0.15, 0.2) is 0 Å². The maximum Gasteiger partial charge on any atom is 0.0622 e. The highest BCUT2D eigenvalue weighted by molar-refractivity contribution is 5.11. The van der Waals surface area contributed by atoms with Crippen molar-refractivity contribution in [2.24, 2.45) is 5.92 Å². The highest BCUT2D eigenvalue weighted by Crippen LogP contribution is 2.13. The molecule has 0 spiro atoms. The second-order valence-electron chi connectivity index (χ2n) is 6.08. The molecule has 0 saturated carbocycles. The molecule has 2 heterocycles. The molecule has 1 atom stereocenters. The molecule has 1 aliphatic rings. The topological polar surface area (TPSA) is 37.4 Å². The lowest BCUT2D eigenvalue weighted by atomic mass is 10.2. The largest absolute Gasteiger partial charge is 0.380 e. The molecular weight excluding hydrogens is 250 g/mol. The molecule has 1 fully saturated rings. The Bertz CT molecular complexity index is 402. The van der Waals surface area contributed by atoms with Crippen LogP contribution in [0.5, 0.6) is 0 Å². The average molecular weight is 277 g/mol. The molecule has 1 saturated heterocycles. The highest BCUT2D eigenvalue weighted by atomic mass is 16.5. The fourth-order valence-corrected chi connectivity index (χ4v) is 2.46. The SMILES string of the molecule is CC(C)CNCc1cccc(CN(C)C2CCOC2)n1. The molecule has 0 aromatic carbocycles. The van der Waals surface area contributed by atoms with Crippen LogP contribution in [-0.2, 0) is 17.8 Å². The maximum atomic E-state index is 5.44. The van der Waals surface area contributed by atoms with Crippen LogP contribution in [0.15, 0.2) is 18.2 Å². The van der Waals surface area contributed by atoms with Gasteiger partial charge in [0.25, 0.3) is 0 Å². The molecule has 4 heteroatoms. The smallest absolute Gasteiger partial charge is 0.0622 e. The minimum atomic E-state index is 0.541. The Hall–Kier alpha value is -0.970. The Morgan fingerprint density at radius 3 is 2.90 bits per heavy atom. The summed E-state index contributed by atoms with van der Waals surface area (Å²) >= 11 is 0. The fraction of sp³-hybridized carbons (Fsp3) is 0.688. The van der Waals surface area contributed by atoms with Gasteiger partial charge in [0.2, 0.25) is 0 Å². The van der Waals surface area contributed by atoms with Gasteiger partial charge in [-0.2, -0.15) is 0 Å². The van der Waals surface area contributed by atoms with Gasteiger partial charge in [-0.25, -0.2) is 0 Å². The molecule has 1 aromatic rings. The summed E-state index contributed by atoms with van der Waals surface area (Å²) in [5.74, 6) is 0.673. The summed E-state index contributed by atoms with van der Waals surface area (Å²) in [4.78, 5) is 7.08. The molecule has 1 aromatic heterocycles. The molecule has 1 unspecified atom stereocenters. The number of pyridine rings is 1. The number of likely N-dealkylation sites (N-methyl/N-ethyl adjacent to an activating group) is 1. The molecule has 1 aliphatic heterocycles. The van der Waals surface area contributed by atoms with Gasteiger partial charge < -0.3 is 10.1 Å². The molecule has 0 amide bonds. The normalized spacial score (nSPS) is 19.1. The lowest BCUT2D eigenvalue weighted by Gasteiger charge is -2.22. The summed E-state index contributed by atoms with van der Waals surface area (Å²) in [5, 5.41) is 3.44. The number of aromatic nitrogens is 1. The van der Waals surface area contributed by atoms with Crippen LogP contribution < -0.4 is 5.32 Å². The number of nitrogens with zero attached hydrogens (tertiary/aromatic N) is 2. The predicted octanol–water partition coefficient (Wildman–Crippen LogP) is 2.05. The van der Waals surface area contributed by atoms with Gasteiger partial charge in [-0.05, 0) is 38.1 Å². The molecule has 0 bridgehead atoms. The molecule has 0 radical (unpaired) electrons. The van der Waals surface area contributed by atoms with E-state index in [1.807, 2.05) is 0 Å². The van der Waals surface area contributed by atoms with E-state index < -0.39 is 0 Å². The lowest BCUT2D eigenvalue weighted by Crippen LogP contribution is -2.31. The van der Waals surface area contributed by atoms with E-state index in [4.69, 9.17) is 9.72 Å². The van der Waals surface area contributed by atoms with E-state index in [0.717, 1.165) is 50.7 Å². The maximum absolute atomic E-state index is 5.44. The van der Waals surface area contributed by atoms with Crippen LogP contribution in [0.4, 0.5) is 0 Å². The molecule has 0 aliphatic carbocycles. The number of hydrogen-bond acceptors (Lipinski definition) is 4. The lowest BCUT2D eigenvalue weighted by molar-refractivity contribution is 0.155. The van der Waals surface area contributed by atoms with Gasteiger partial charge in [0.05, 0.1) is 18.0 Å². The first-order valence-corrected chi connectivity index (χ1v) is 7.58. The van der Waals surface area contributed by atoms with Crippen molar-refractivity contribution in [1.29, 1.82) is 0 Å². The van der Waals surface area contributed by atoms with E-state index in [0.29, 0.717) is 12.0 Å². The first-order chi connectivity index (χ1) is 9.65. The molecule has 4 nitrogen and oxygen atoms in total. The van der Waals surface area contributed by atoms with Crippen LogP contribution in [0.2, 0.25) is 0 Å². The van der Waals surface area contributed by atoms with Crippen LogP contribution in [0.25, 0.3) is 0 Å². The molecular formula is C16H27N3O. The van der Waals surface area contributed by atoms with Crippen LogP contribution in [0, 0.1) is 5.92 Å². The van der Waals surface area contributed by atoms with Crippen molar-refractivity contribution >= 4 is 0 Å². The van der Waals surface area contributed by atoms with Gasteiger partial charge in [0.1, 0.15) is 0 Å². The van der Waals surface area contributed by atoms with Crippen LogP contribution in [0.3, 0.4) is 0 Å². The highest BCUT2D eigenvalue weighted by Gasteiger charge is 2.20. The third-order valence-corrected chi connectivity index (χ3v) is 3.66. The predicted molar refractivity (Wildman–Crippen MR) is 81.5 cm³/mol. The van der Waals surface area contributed by atoms with Crippen LogP contribution in [0.1, 0.15) is 31.7 Å². The van der Waals surface area contributed by atoms with Crippen LogP contribution in [-0.4, -0.2) is 42.7 Å². The minimum absolute atomic E-state index is 0.541. The van der Waals surface area contributed by atoms with Crippen molar-refractivity contribution in [3.63, 3.8) is 0 Å². The summed E-state index contributed by atoms with van der Waals surface area (Å²) in [6.07, 6.45) is 1.13. The molecule has 112 valence electrons. The van der Waals surface area contributed by atoms with E-state index in [-0.39, 0.29) is 0 Å². The summed E-state index contributed by atoms with van der Waals surface area (Å²) in [6.45, 7) is 8.96. The van der Waals surface area contributed by atoms with Crippen molar-refractivity contribution in [3.05, 3.63) is 29.6 Å². The third-order valence-electron chi connectivity index (χ3n) is 3.66. The Labute approximate surface area is 122 Å². The van der Waals surface area contributed by atoms with Crippen molar-refractivity contribution in [1.82, 2.24) is 15.2 Å². The first kappa shape index (κ1) is 15.4. The molecule has 1 N–H and O–H groups in total. The second kappa shape index (κ2) is 7.72. The van der Waals surface area contributed by atoms with Gasteiger partial charge >= 0.3 is 0 Å². The van der Waals surface area contributed by atoms with E-state index in [9.17, 15) is 0 Å². The number of rotatable bonds is 7. The van der Waals surface area contributed by atoms with E-state index in [1.54, 1.807) is 0 Å². The zero-order chi connectivity index (χ0) is 14.4. The Morgan fingerprint density at radius 1 is 1.40 bits per heavy atom. The number of nitrogens with one attached hydrogen (secondary N) is 1. The van der Waals surface area contributed by atoms with Gasteiger partial charge in [-0.15, -0.1) is 0 Å². The Balaban J connectivity index is 1.85. The van der Waals surface area contributed by atoms with Gasteiger partial charge in [0, 0.05) is 25.7 Å². The summed E-state index contributed by atoms with van der Waals surface area (Å²) in [5.41, 5.74) is 2.27. The monoisotopic (exact) mass is 277 g/mol. The van der Waals surface area contributed by atoms with Gasteiger partial charge in [-0.1, -0.05) is 19.9 Å². The zero-order valence-corrected chi connectivity index (χ0v) is 12.9. The van der Waals surface area contributed by atoms with Crippen molar-refractivity contribution < 1.29 is 4.74 Å². The minimum Gasteiger partial charge on any atom is -0.380 e. The number of hydrogen-bond donors (Lipinski definition) is 1. The Morgan fingerprint density at radius 2 is 2.20 bits per heavy atom. The second-order valence-corrected chi connectivity index (χ2v) is 6.08. The summed E-state index contributed by atoms with van der Waals surface area (Å²) < 4.78 is 5.44. The molecule has 20 heavy (non-hydrogen) atoms. The fourth-order valence-electron chi connectivity index (χ4n) is 2.46. The summed E-state index contributed by atoms with van der Waals surface area (Å²) in [6, 6.07) is 6.85. The van der Waals surface area contributed by atoms with E-state index >= 15 is 0 Å². The molecule has 2 rings (SSSR count). The zero-order valence-electron chi connectivity index (χ0n) is 12.9. The van der Waals surface area contributed by atoms with Gasteiger partial charge in [-0.3, -0.25) is 9.88 Å². The number of ether oxygens (including phenoxy) is 1. The third kappa shape index (κ3) is 4.85.